The predicted octanol–water partition coefficient (Wildman–Crippen LogP) is 4.03. The van der Waals surface area contributed by atoms with Gasteiger partial charge in [-0.2, -0.15) is 74.6 Å². The molecule has 0 aliphatic carbocycles. The van der Waals surface area contributed by atoms with Gasteiger partial charge in [0.2, 0.25) is 0 Å². The number of rotatable bonds is 7. The SMILES string of the molecule is O=C(O)C(F)(OC(F)(F)C(F)(OC(F)(F)C(F)(F)C(F)(F)F)C(F)(F)F)C(F)(F)F.[CaH2]. The van der Waals surface area contributed by atoms with Gasteiger partial charge in [0.15, 0.2) is 0 Å². The Balaban J connectivity index is 0. The number of hydrogen-bond donors (Lipinski definition) is 1. The summed E-state index contributed by atoms with van der Waals surface area (Å²) in [6.45, 7) is 0. The van der Waals surface area contributed by atoms with E-state index in [2.05, 4.69) is 0 Å². The monoisotopic (exact) mass is 538 g/mol. The van der Waals surface area contributed by atoms with Crippen molar-refractivity contribution in [3.8, 4) is 0 Å². The molecule has 0 aromatic heterocycles. The Morgan fingerprint density at radius 1 is 0.548 bits per heavy atom. The molecule has 184 valence electrons. The molecule has 1 N–H and O–H groups in total. The molecule has 0 radical (unpaired) electrons. The van der Waals surface area contributed by atoms with Crippen molar-refractivity contribution in [3.05, 3.63) is 0 Å². The molecule has 2 unspecified atom stereocenters. The molecule has 2 atom stereocenters. The van der Waals surface area contributed by atoms with E-state index in [9.17, 15) is 79.4 Å². The fourth-order valence-electron chi connectivity index (χ4n) is 1.15. The van der Waals surface area contributed by atoms with Crippen LogP contribution < -0.4 is 0 Å². The summed E-state index contributed by atoms with van der Waals surface area (Å²) in [5.41, 5.74) is 0. The molecule has 22 heteroatoms. The Morgan fingerprint density at radius 2 is 0.903 bits per heavy atom. The van der Waals surface area contributed by atoms with E-state index >= 15 is 0 Å². The molecule has 0 bridgehead atoms. The fraction of sp³-hybridized carbons (Fsp3) is 0.889. The van der Waals surface area contributed by atoms with E-state index in [0.29, 0.717) is 0 Å². The van der Waals surface area contributed by atoms with Crippen molar-refractivity contribution in [3.63, 3.8) is 0 Å². The van der Waals surface area contributed by atoms with E-state index in [-0.39, 0.29) is 37.7 Å². The van der Waals surface area contributed by atoms with Gasteiger partial charge in [0.25, 0.3) is 0 Å². The van der Waals surface area contributed by atoms with Crippen LogP contribution in [0.3, 0.4) is 0 Å². The summed E-state index contributed by atoms with van der Waals surface area (Å²) in [4.78, 5) is 10.1. The Bertz CT molecular complexity index is 653. The summed E-state index contributed by atoms with van der Waals surface area (Å²) in [5.74, 6) is -27.3. The third-order valence-corrected chi connectivity index (χ3v) is 2.64. The zero-order valence-corrected chi connectivity index (χ0v) is 12.6. The van der Waals surface area contributed by atoms with Crippen LogP contribution in [0.2, 0.25) is 0 Å². The van der Waals surface area contributed by atoms with Crippen molar-refractivity contribution in [2.75, 3.05) is 0 Å². The minimum atomic E-state index is -8.09. The van der Waals surface area contributed by atoms with Gasteiger partial charge in [-0.15, -0.1) is 0 Å². The van der Waals surface area contributed by atoms with E-state index in [1.54, 1.807) is 0 Å². The number of alkyl halides is 17. The molecule has 31 heavy (non-hydrogen) atoms. The molecule has 0 amide bonds. The van der Waals surface area contributed by atoms with Crippen molar-refractivity contribution in [2.24, 2.45) is 0 Å². The first kappa shape index (κ1) is 32.6. The molecular formula is C9H3CaF17O4. The van der Waals surface area contributed by atoms with Gasteiger partial charge in [-0.25, -0.2) is 4.79 Å². The number of carboxylic acids is 1. The van der Waals surface area contributed by atoms with Gasteiger partial charge < -0.3 is 5.11 Å². The summed E-state index contributed by atoms with van der Waals surface area (Å²) >= 11 is 0. The van der Waals surface area contributed by atoms with Crippen LogP contribution in [0.4, 0.5) is 74.6 Å². The summed E-state index contributed by atoms with van der Waals surface area (Å²) in [6.07, 6.45) is -38.8. The van der Waals surface area contributed by atoms with Crippen LogP contribution in [0.5, 0.6) is 0 Å². The van der Waals surface area contributed by atoms with Crippen molar-refractivity contribution < 1.29 is 94.0 Å². The molecule has 0 aromatic rings. The Kier molecular flexibility index (Phi) is 9.13. The summed E-state index contributed by atoms with van der Waals surface area (Å²) in [6, 6.07) is 0. The van der Waals surface area contributed by atoms with Crippen LogP contribution >= 0.6 is 0 Å². The van der Waals surface area contributed by atoms with E-state index < -0.39 is 54.3 Å². The van der Waals surface area contributed by atoms with Gasteiger partial charge in [0.05, 0.1) is 0 Å². The number of aliphatic carboxylic acids is 1. The molecule has 0 saturated carbocycles. The topological polar surface area (TPSA) is 55.8 Å². The predicted molar refractivity (Wildman–Crippen MR) is 59.0 cm³/mol. The molecule has 0 saturated heterocycles. The first-order valence-electron chi connectivity index (χ1n) is 5.96. The molecule has 0 heterocycles. The second-order valence-electron chi connectivity index (χ2n) is 4.80. The molecule has 0 spiro atoms. The quantitative estimate of drug-likeness (QED) is 0.393. The second-order valence-corrected chi connectivity index (χ2v) is 4.80. The van der Waals surface area contributed by atoms with Crippen LogP contribution in [0.1, 0.15) is 0 Å². The van der Waals surface area contributed by atoms with Crippen LogP contribution in [0, 0.1) is 0 Å². The molecular weight excluding hydrogens is 535 g/mol. The summed E-state index contributed by atoms with van der Waals surface area (Å²) in [5, 5.41) is 7.85. The second kappa shape index (κ2) is 8.67. The molecule has 4 nitrogen and oxygen atoms in total. The number of ether oxygens (including phenoxy) is 2. The molecule has 0 aliphatic heterocycles. The molecule has 0 aliphatic rings. The standard InChI is InChI=1S/C9HF17O4.Ca.2H/c10-2(1(27)28,5(14,15)16)29-9(25,26)4(13,7(20,21)22)30-8(23,24)3(11,12)6(17,18)19;;;/h(H,27,28);;;. The van der Waals surface area contributed by atoms with Crippen molar-refractivity contribution in [1.82, 2.24) is 0 Å². The number of carbonyl (C=O) groups is 1. The summed E-state index contributed by atoms with van der Waals surface area (Å²) < 4.78 is 216. The van der Waals surface area contributed by atoms with Gasteiger partial charge in [0, 0.05) is 0 Å². The fourth-order valence-corrected chi connectivity index (χ4v) is 1.15. The van der Waals surface area contributed by atoms with Gasteiger partial charge in [0.1, 0.15) is 0 Å². The number of hydrogen-bond acceptors (Lipinski definition) is 3. The molecule has 0 rings (SSSR count). The summed E-state index contributed by atoms with van der Waals surface area (Å²) in [7, 11) is 0. The van der Waals surface area contributed by atoms with Crippen molar-refractivity contribution in [1.29, 1.82) is 0 Å². The third kappa shape index (κ3) is 5.69. The maximum atomic E-state index is 13.5. The molecule has 0 aromatic carbocycles. The average Bonchev–Trinajstić information content (AvgIpc) is 2.41. The zero-order valence-electron chi connectivity index (χ0n) is 12.6. The zero-order chi connectivity index (χ0) is 25.0. The van der Waals surface area contributed by atoms with Gasteiger partial charge >= 0.3 is 92.1 Å². The van der Waals surface area contributed by atoms with Gasteiger partial charge in [-0.05, 0) is 0 Å². The molecule has 0 fully saturated rings. The van der Waals surface area contributed by atoms with Crippen LogP contribution in [-0.2, 0) is 14.3 Å². The first-order chi connectivity index (χ1) is 12.6. The first-order valence-corrected chi connectivity index (χ1v) is 5.96. The van der Waals surface area contributed by atoms with Gasteiger partial charge in [-0.1, -0.05) is 0 Å². The maximum absolute atomic E-state index is 13.5. The van der Waals surface area contributed by atoms with Crippen molar-refractivity contribution >= 4 is 43.7 Å². The third-order valence-electron chi connectivity index (χ3n) is 2.64. The number of carboxylic acid groups (broad SMARTS) is 1. The normalized spacial score (nSPS) is 18.6. The number of halogens is 17. The van der Waals surface area contributed by atoms with E-state index in [1.165, 1.54) is 9.47 Å². The van der Waals surface area contributed by atoms with Crippen molar-refractivity contribution in [2.45, 2.75) is 48.4 Å². The minimum absolute atomic E-state index is 0. The Labute approximate surface area is 186 Å². The van der Waals surface area contributed by atoms with E-state index in [4.69, 9.17) is 5.11 Å². The van der Waals surface area contributed by atoms with Crippen LogP contribution in [-0.4, -0.2) is 97.2 Å². The van der Waals surface area contributed by atoms with Gasteiger partial charge in [-0.3, -0.25) is 9.47 Å². The van der Waals surface area contributed by atoms with E-state index in [1.807, 2.05) is 0 Å². The van der Waals surface area contributed by atoms with Crippen LogP contribution in [0.25, 0.3) is 0 Å². The van der Waals surface area contributed by atoms with Crippen LogP contribution in [0.15, 0.2) is 0 Å². The van der Waals surface area contributed by atoms with E-state index in [0.717, 1.165) is 0 Å². The Hall–Kier alpha value is -0.540. The average molecular weight is 538 g/mol. The Morgan fingerprint density at radius 3 is 1.13 bits per heavy atom.